The number of aliphatic hydroxyl groups excluding tert-OH is 1. The van der Waals surface area contributed by atoms with E-state index in [1.807, 2.05) is 0 Å². The summed E-state index contributed by atoms with van der Waals surface area (Å²) in [5.41, 5.74) is 5.19. The first kappa shape index (κ1) is 13.6. The molecule has 0 radical (unpaired) electrons. The summed E-state index contributed by atoms with van der Waals surface area (Å²) in [6.45, 7) is 0. The lowest BCUT2D eigenvalue weighted by Gasteiger charge is -2.08. The molecule has 0 aromatic heterocycles. The molecule has 0 spiro atoms. The van der Waals surface area contributed by atoms with Gasteiger partial charge in [-0.1, -0.05) is 0 Å². The van der Waals surface area contributed by atoms with Gasteiger partial charge in [0.25, 0.3) is 0 Å². The maximum atomic E-state index is 10.8. The Hall–Kier alpha value is -0.440. The van der Waals surface area contributed by atoms with Crippen LogP contribution < -0.4 is 5.73 Å². The fraction of sp³-hybridized carbons (Fsp3) is 0.667. The van der Waals surface area contributed by atoms with Gasteiger partial charge in [0.1, 0.15) is 6.04 Å². The van der Waals surface area contributed by atoms with Gasteiger partial charge in [0, 0.05) is 11.5 Å². The van der Waals surface area contributed by atoms with E-state index < -0.39 is 24.1 Å². The van der Waals surface area contributed by atoms with Gasteiger partial charge in [-0.3, -0.25) is 0 Å². The predicted octanol–water partition coefficient (Wildman–Crippen LogP) is -1.46. The number of thiol groups is 2. The van der Waals surface area contributed by atoms with Crippen LogP contribution in [0.5, 0.6) is 0 Å². The van der Waals surface area contributed by atoms with E-state index >= 15 is 0 Å². The van der Waals surface area contributed by atoms with Crippen molar-refractivity contribution in [2.75, 3.05) is 11.5 Å². The molecule has 0 aromatic rings. The molecule has 0 saturated heterocycles. The van der Waals surface area contributed by atoms with Crippen LogP contribution in [0.2, 0.25) is 0 Å². The van der Waals surface area contributed by atoms with Gasteiger partial charge < -0.3 is 10.8 Å². The zero-order valence-electron chi connectivity index (χ0n) is 7.12. The summed E-state index contributed by atoms with van der Waals surface area (Å²) >= 11 is 7.36. The maximum absolute atomic E-state index is 10.8. The van der Waals surface area contributed by atoms with Crippen molar-refractivity contribution < 1.29 is 24.5 Å². The van der Waals surface area contributed by atoms with E-state index in [4.69, 9.17) is 10.8 Å². The van der Waals surface area contributed by atoms with Crippen molar-refractivity contribution in [1.82, 2.24) is 0 Å². The Morgan fingerprint density at radius 1 is 1.21 bits per heavy atom. The van der Waals surface area contributed by atoms with Crippen molar-refractivity contribution in [3.8, 4) is 0 Å². The van der Waals surface area contributed by atoms with E-state index in [1.54, 1.807) is 0 Å². The van der Waals surface area contributed by atoms with E-state index in [1.165, 1.54) is 0 Å². The van der Waals surface area contributed by atoms with Gasteiger partial charge in [-0.05, 0) is 0 Å². The Balaban J connectivity index is 3.83. The molecule has 8 heteroatoms. The molecule has 2 atom stereocenters. The van der Waals surface area contributed by atoms with Crippen LogP contribution in [0.4, 0.5) is 0 Å². The Kier molecular flexibility index (Phi) is 6.71. The average Bonchev–Trinajstić information content (AvgIpc) is 2.22. The summed E-state index contributed by atoms with van der Waals surface area (Å²) in [5, 5.41) is 8.85. The quantitative estimate of drug-likeness (QED) is 0.273. The molecule has 0 aromatic carbocycles. The van der Waals surface area contributed by atoms with Crippen LogP contribution in [0.25, 0.3) is 0 Å². The van der Waals surface area contributed by atoms with Crippen LogP contribution >= 0.6 is 25.3 Å². The highest BCUT2D eigenvalue weighted by Crippen LogP contribution is 1.95. The molecular weight excluding hydrogens is 230 g/mol. The van der Waals surface area contributed by atoms with Gasteiger partial charge >= 0.3 is 11.9 Å². The summed E-state index contributed by atoms with van der Waals surface area (Å²) in [6, 6.07) is -0.973. The number of carbonyl (C=O) groups excluding carboxylic acids is 2. The Labute approximate surface area is 91.5 Å². The molecule has 0 bridgehead atoms. The lowest BCUT2D eigenvalue weighted by molar-refractivity contribution is -0.264. The van der Waals surface area contributed by atoms with Gasteiger partial charge in [-0.25, -0.2) is 19.4 Å². The topological polar surface area (TPSA) is 98.9 Å². The third-order valence-electron chi connectivity index (χ3n) is 1.15. The lowest BCUT2D eigenvalue weighted by atomic mass is 10.4. The molecule has 0 aliphatic carbocycles. The lowest BCUT2D eigenvalue weighted by Crippen LogP contribution is -2.35. The Morgan fingerprint density at radius 2 is 1.71 bits per heavy atom. The number of carbonyl (C=O) groups is 2. The van der Waals surface area contributed by atoms with E-state index in [-0.39, 0.29) is 11.5 Å². The number of nitrogens with two attached hydrogens (primary N) is 1. The van der Waals surface area contributed by atoms with Gasteiger partial charge in [0.15, 0.2) is 6.10 Å². The van der Waals surface area contributed by atoms with E-state index in [2.05, 4.69) is 35.0 Å². The molecule has 0 rings (SSSR count). The smallest absolute Gasteiger partial charge is 0.380 e. The summed E-state index contributed by atoms with van der Waals surface area (Å²) < 4.78 is 0. The first-order valence-electron chi connectivity index (χ1n) is 3.60. The highest BCUT2D eigenvalue weighted by atomic mass is 32.1. The highest BCUT2D eigenvalue weighted by Gasteiger charge is 2.20. The molecule has 6 nitrogen and oxygen atoms in total. The SMILES string of the molecule is NC(CS)C(=O)OOC(=O)C(O)CS. The summed E-state index contributed by atoms with van der Waals surface area (Å²) in [4.78, 5) is 29.5. The first-order valence-corrected chi connectivity index (χ1v) is 4.87. The van der Waals surface area contributed by atoms with E-state index in [0.717, 1.165) is 0 Å². The van der Waals surface area contributed by atoms with Crippen molar-refractivity contribution in [2.45, 2.75) is 12.1 Å². The third-order valence-corrected chi connectivity index (χ3v) is 1.89. The van der Waals surface area contributed by atoms with Crippen molar-refractivity contribution in [1.29, 1.82) is 0 Å². The molecule has 0 amide bonds. The van der Waals surface area contributed by atoms with Gasteiger partial charge in [0.2, 0.25) is 0 Å². The fourth-order valence-electron chi connectivity index (χ4n) is 0.349. The van der Waals surface area contributed by atoms with Crippen molar-refractivity contribution >= 4 is 37.2 Å². The Bertz CT molecular complexity index is 190. The van der Waals surface area contributed by atoms with Crippen molar-refractivity contribution in [2.24, 2.45) is 5.73 Å². The molecule has 2 unspecified atom stereocenters. The van der Waals surface area contributed by atoms with Crippen LogP contribution in [-0.4, -0.2) is 40.7 Å². The Morgan fingerprint density at radius 3 is 2.14 bits per heavy atom. The summed E-state index contributed by atoms with van der Waals surface area (Å²) in [5.74, 6) is -2.10. The normalized spacial score (nSPS) is 14.3. The van der Waals surface area contributed by atoms with Gasteiger partial charge in [0.05, 0.1) is 0 Å². The summed E-state index contributed by atoms with van der Waals surface area (Å²) in [6.07, 6.45) is -1.43. The number of rotatable bonds is 4. The van der Waals surface area contributed by atoms with Gasteiger partial charge in [-0.2, -0.15) is 25.3 Å². The second-order valence-corrected chi connectivity index (χ2v) is 3.02. The van der Waals surface area contributed by atoms with Crippen LogP contribution in [0, 0.1) is 0 Å². The van der Waals surface area contributed by atoms with Crippen molar-refractivity contribution in [3.05, 3.63) is 0 Å². The molecule has 3 N–H and O–H groups in total. The largest absolute Gasteiger partial charge is 0.384 e. The molecule has 0 saturated carbocycles. The molecule has 14 heavy (non-hydrogen) atoms. The highest BCUT2D eigenvalue weighted by molar-refractivity contribution is 7.80. The van der Waals surface area contributed by atoms with Crippen LogP contribution in [0.1, 0.15) is 0 Å². The van der Waals surface area contributed by atoms with Crippen LogP contribution in [0.3, 0.4) is 0 Å². The average molecular weight is 241 g/mol. The van der Waals surface area contributed by atoms with E-state index in [0.29, 0.717) is 0 Å². The molecule has 82 valence electrons. The van der Waals surface area contributed by atoms with Crippen LogP contribution in [-0.2, 0) is 19.4 Å². The second kappa shape index (κ2) is 6.93. The zero-order chi connectivity index (χ0) is 11.1. The molecule has 0 aliphatic heterocycles. The second-order valence-electron chi connectivity index (χ2n) is 2.29. The monoisotopic (exact) mass is 241 g/mol. The third kappa shape index (κ3) is 4.70. The number of aliphatic hydroxyl groups is 1. The summed E-state index contributed by atoms with van der Waals surface area (Å²) in [7, 11) is 0. The minimum Gasteiger partial charge on any atom is -0.380 e. The molecule has 0 fully saturated rings. The zero-order valence-corrected chi connectivity index (χ0v) is 8.91. The minimum absolute atomic E-state index is 0.0610. The van der Waals surface area contributed by atoms with Gasteiger partial charge in [-0.15, -0.1) is 0 Å². The van der Waals surface area contributed by atoms with Crippen molar-refractivity contribution in [3.63, 3.8) is 0 Å². The van der Waals surface area contributed by atoms with E-state index in [9.17, 15) is 9.59 Å². The minimum atomic E-state index is -1.43. The number of hydrogen-bond acceptors (Lipinski definition) is 8. The van der Waals surface area contributed by atoms with Crippen LogP contribution in [0.15, 0.2) is 0 Å². The predicted molar refractivity (Wildman–Crippen MR) is 53.9 cm³/mol. The number of hydrogen-bond donors (Lipinski definition) is 4. The fourth-order valence-corrected chi connectivity index (χ4v) is 0.647. The molecule has 0 heterocycles. The maximum Gasteiger partial charge on any atom is 0.384 e. The first-order chi connectivity index (χ1) is 6.52. The molecule has 0 aliphatic rings. The molecular formula is C6H11NO5S2. The standard InChI is InChI=1S/C6H11NO5S2/c7-3(1-13)5(9)11-12-6(10)4(8)2-14/h3-4,8,13-14H,1-2,7H2.